The third-order valence-corrected chi connectivity index (χ3v) is 4.21. The van der Waals surface area contributed by atoms with Gasteiger partial charge in [-0.05, 0) is 54.3 Å². The van der Waals surface area contributed by atoms with Gasteiger partial charge in [-0.1, -0.05) is 26.0 Å². The van der Waals surface area contributed by atoms with Crippen molar-refractivity contribution in [2.45, 2.75) is 46.1 Å². The van der Waals surface area contributed by atoms with Crippen LogP contribution in [0.1, 0.15) is 37.8 Å². The van der Waals surface area contributed by atoms with E-state index in [0.717, 1.165) is 11.1 Å². The molecule has 2 aromatic rings. The second kappa shape index (κ2) is 5.63. The Kier molecular flexibility index (Phi) is 4.06. The van der Waals surface area contributed by atoms with Gasteiger partial charge in [0.1, 0.15) is 0 Å². The molecule has 0 saturated heterocycles. The van der Waals surface area contributed by atoms with E-state index in [0.29, 0.717) is 18.7 Å². The molecule has 1 N–H and O–H groups in total. The number of carboxylic acid groups (broad SMARTS) is 1. The monoisotopic (exact) mass is 288 g/mol. The topological polar surface area (TPSA) is 80.9 Å². The molecular weight excluding hydrogens is 268 g/mol. The molecule has 0 spiro atoms. The zero-order valence-corrected chi connectivity index (χ0v) is 12.8. The van der Waals surface area contributed by atoms with Crippen LogP contribution in [0.15, 0.2) is 18.2 Å². The summed E-state index contributed by atoms with van der Waals surface area (Å²) in [6.45, 7) is 7.71. The minimum atomic E-state index is -1.11. The summed E-state index contributed by atoms with van der Waals surface area (Å²) in [6, 6.07) is 5.89. The minimum Gasteiger partial charge on any atom is -0.479 e. The van der Waals surface area contributed by atoms with E-state index >= 15 is 0 Å². The number of rotatable bonds is 5. The third kappa shape index (κ3) is 2.41. The zero-order chi connectivity index (χ0) is 15.6. The van der Waals surface area contributed by atoms with Gasteiger partial charge in [-0.15, -0.1) is 5.10 Å². The molecule has 1 aromatic carbocycles. The lowest BCUT2D eigenvalue weighted by molar-refractivity contribution is -0.148. The van der Waals surface area contributed by atoms with E-state index in [-0.39, 0.29) is 0 Å². The molecule has 21 heavy (non-hydrogen) atoms. The Morgan fingerprint density at radius 3 is 2.43 bits per heavy atom. The zero-order valence-electron chi connectivity index (χ0n) is 12.8. The Labute approximate surface area is 123 Å². The van der Waals surface area contributed by atoms with Crippen molar-refractivity contribution in [2.75, 3.05) is 0 Å². The first kappa shape index (κ1) is 15.2. The third-order valence-electron chi connectivity index (χ3n) is 4.21. The minimum absolute atomic E-state index is 0.418. The molecule has 0 bridgehead atoms. The fraction of sp³-hybridized carbons (Fsp3) is 0.467. The first-order valence-corrected chi connectivity index (χ1v) is 7.06. The fourth-order valence-electron chi connectivity index (χ4n) is 2.48. The molecule has 0 unspecified atom stereocenters. The summed E-state index contributed by atoms with van der Waals surface area (Å²) < 4.78 is 1.44. The maximum atomic E-state index is 11.8. The maximum absolute atomic E-state index is 11.8. The molecule has 0 fully saturated rings. The highest BCUT2D eigenvalue weighted by molar-refractivity contribution is 5.77. The Morgan fingerprint density at radius 1 is 1.24 bits per heavy atom. The number of hydrogen-bond donors (Lipinski definition) is 1. The van der Waals surface area contributed by atoms with E-state index in [4.69, 9.17) is 0 Å². The summed E-state index contributed by atoms with van der Waals surface area (Å²) in [7, 11) is 0. The van der Waals surface area contributed by atoms with Crippen LogP contribution >= 0.6 is 0 Å². The molecule has 112 valence electrons. The molecule has 1 aromatic heterocycles. The summed E-state index contributed by atoms with van der Waals surface area (Å²) in [5, 5.41) is 21.3. The highest BCUT2D eigenvalue weighted by Gasteiger charge is 2.40. The van der Waals surface area contributed by atoms with Gasteiger partial charge in [0.15, 0.2) is 11.4 Å². The number of aryl methyl sites for hydroxylation is 2. The van der Waals surface area contributed by atoms with Crippen molar-refractivity contribution in [3.05, 3.63) is 29.3 Å². The molecule has 0 aliphatic carbocycles. The normalized spacial score (nSPS) is 11.6. The van der Waals surface area contributed by atoms with Crippen molar-refractivity contribution in [1.29, 1.82) is 0 Å². The van der Waals surface area contributed by atoms with Crippen molar-refractivity contribution in [2.24, 2.45) is 0 Å². The summed E-state index contributed by atoms with van der Waals surface area (Å²) >= 11 is 0. The highest BCUT2D eigenvalue weighted by atomic mass is 16.4. The van der Waals surface area contributed by atoms with E-state index in [1.807, 2.05) is 45.9 Å². The van der Waals surface area contributed by atoms with E-state index in [9.17, 15) is 9.90 Å². The quantitative estimate of drug-likeness (QED) is 0.914. The van der Waals surface area contributed by atoms with Gasteiger partial charge in [-0.25, -0.2) is 9.48 Å². The molecule has 0 radical (unpaired) electrons. The molecule has 2 rings (SSSR count). The van der Waals surface area contributed by atoms with Gasteiger partial charge < -0.3 is 5.11 Å². The van der Waals surface area contributed by atoms with Gasteiger partial charge in [0, 0.05) is 5.56 Å². The van der Waals surface area contributed by atoms with Crippen LogP contribution in [0.3, 0.4) is 0 Å². The van der Waals surface area contributed by atoms with Crippen molar-refractivity contribution < 1.29 is 9.90 Å². The number of tetrazole rings is 1. The lowest BCUT2D eigenvalue weighted by Crippen LogP contribution is -2.42. The number of nitrogens with zero attached hydrogens (tertiary/aromatic N) is 4. The van der Waals surface area contributed by atoms with Crippen molar-refractivity contribution in [3.63, 3.8) is 0 Å². The molecule has 6 nitrogen and oxygen atoms in total. The first-order valence-electron chi connectivity index (χ1n) is 7.06. The summed E-state index contributed by atoms with van der Waals surface area (Å²) in [5.74, 6) is -0.422. The van der Waals surface area contributed by atoms with Crippen molar-refractivity contribution >= 4 is 5.97 Å². The summed E-state index contributed by atoms with van der Waals surface area (Å²) in [4.78, 5) is 11.8. The summed E-state index contributed by atoms with van der Waals surface area (Å²) in [6.07, 6.45) is 0.837. The lowest BCUT2D eigenvalue weighted by Gasteiger charge is -2.27. The van der Waals surface area contributed by atoms with Crippen LogP contribution in [0.4, 0.5) is 0 Å². The molecule has 0 aliphatic rings. The van der Waals surface area contributed by atoms with Crippen LogP contribution in [0.5, 0.6) is 0 Å². The van der Waals surface area contributed by atoms with Crippen LogP contribution in [0.25, 0.3) is 11.4 Å². The molecule has 6 heteroatoms. The SMILES string of the molecule is CCC(CC)(C(=O)O)n1nnnc1-c1ccc(C)c(C)c1. The van der Waals surface area contributed by atoms with Crippen molar-refractivity contribution in [3.8, 4) is 11.4 Å². The Morgan fingerprint density at radius 2 is 1.90 bits per heavy atom. The van der Waals surface area contributed by atoms with Crippen LogP contribution < -0.4 is 0 Å². The standard InChI is InChI=1S/C15H20N4O2/c1-5-15(6-2,14(20)21)19-13(16-17-18-19)12-8-7-10(3)11(4)9-12/h7-9H,5-6H2,1-4H3,(H,20,21). The predicted octanol–water partition coefficient (Wildman–Crippen LogP) is 2.56. The van der Waals surface area contributed by atoms with E-state index in [1.54, 1.807) is 0 Å². The van der Waals surface area contributed by atoms with Crippen LogP contribution in [0, 0.1) is 13.8 Å². The molecular formula is C15H20N4O2. The second-order valence-corrected chi connectivity index (χ2v) is 5.26. The predicted molar refractivity (Wildman–Crippen MR) is 78.9 cm³/mol. The maximum Gasteiger partial charge on any atom is 0.331 e. The molecule has 1 heterocycles. The average Bonchev–Trinajstić information content (AvgIpc) is 2.93. The van der Waals surface area contributed by atoms with Crippen LogP contribution in [-0.4, -0.2) is 31.3 Å². The van der Waals surface area contributed by atoms with Crippen LogP contribution in [-0.2, 0) is 10.3 Å². The first-order chi connectivity index (χ1) is 9.96. The van der Waals surface area contributed by atoms with Gasteiger partial charge in [-0.2, -0.15) is 0 Å². The summed E-state index contributed by atoms with van der Waals surface area (Å²) in [5.41, 5.74) is 2.01. The van der Waals surface area contributed by atoms with Gasteiger partial charge >= 0.3 is 5.97 Å². The molecule has 0 atom stereocenters. The van der Waals surface area contributed by atoms with Crippen LogP contribution in [0.2, 0.25) is 0 Å². The number of carbonyl (C=O) groups is 1. The number of carboxylic acids is 1. The molecule has 0 aliphatic heterocycles. The van der Waals surface area contributed by atoms with Crippen molar-refractivity contribution in [1.82, 2.24) is 20.2 Å². The average molecular weight is 288 g/mol. The lowest BCUT2D eigenvalue weighted by atomic mass is 9.92. The van der Waals surface area contributed by atoms with E-state index in [1.165, 1.54) is 10.2 Å². The Hall–Kier alpha value is -2.24. The van der Waals surface area contributed by atoms with Gasteiger partial charge in [0.25, 0.3) is 0 Å². The van der Waals surface area contributed by atoms with E-state index in [2.05, 4.69) is 15.5 Å². The number of hydrogen-bond acceptors (Lipinski definition) is 4. The molecule has 0 saturated carbocycles. The smallest absolute Gasteiger partial charge is 0.331 e. The Bertz CT molecular complexity index is 659. The van der Waals surface area contributed by atoms with Gasteiger partial charge in [0.05, 0.1) is 0 Å². The fourth-order valence-corrected chi connectivity index (χ4v) is 2.48. The number of benzene rings is 1. The Balaban J connectivity index is 2.61. The number of aliphatic carboxylic acids is 1. The van der Waals surface area contributed by atoms with E-state index < -0.39 is 11.5 Å². The molecule has 0 amide bonds. The van der Waals surface area contributed by atoms with Gasteiger partial charge in [-0.3, -0.25) is 0 Å². The van der Waals surface area contributed by atoms with Gasteiger partial charge in [0.2, 0.25) is 0 Å². The second-order valence-electron chi connectivity index (χ2n) is 5.26. The number of aromatic nitrogens is 4. The largest absolute Gasteiger partial charge is 0.479 e. The highest BCUT2D eigenvalue weighted by Crippen LogP contribution is 2.30.